The summed E-state index contributed by atoms with van der Waals surface area (Å²) in [6.07, 6.45) is 7.56. The van der Waals surface area contributed by atoms with Crippen LogP contribution in [0.25, 0.3) is 10.1 Å². The van der Waals surface area contributed by atoms with Crippen molar-refractivity contribution >= 4 is 32.8 Å². The molecule has 2 aromatic heterocycles. The first-order valence-electron chi connectivity index (χ1n) is 11.6. The molecule has 31 heavy (non-hydrogen) atoms. The SMILES string of the molecule is NC[C@H]1OC(CNCC2OCCc3sc4c(c32)CCCC4)Cc2sc3ccccc3c21. The topological polar surface area (TPSA) is 56.5 Å². The predicted molar refractivity (Wildman–Crippen MR) is 128 cm³/mol. The van der Waals surface area contributed by atoms with E-state index >= 15 is 0 Å². The Bertz CT molecular complexity index is 1090. The van der Waals surface area contributed by atoms with Gasteiger partial charge in [0.1, 0.15) is 0 Å². The molecule has 1 aliphatic carbocycles. The number of nitrogens with one attached hydrogen (secondary N) is 1. The third-order valence-electron chi connectivity index (χ3n) is 6.98. The van der Waals surface area contributed by atoms with Crippen LogP contribution < -0.4 is 11.1 Å². The predicted octanol–water partition coefficient (Wildman–Crippen LogP) is 4.69. The van der Waals surface area contributed by atoms with Crippen molar-refractivity contribution in [1.82, 2.24) is 5.32 Å². The summed E-state index contributed by atoms with van der Waals surface area (Å²) >= 11 is 3.96. The first-order chi connectivity index (χ1) is 15.3. The van der Waals surface area contributed by atoms with E-state index in [0.717, 1.165) is 32.5 Å². The van der Waals surface area contributed by atoms with Gasteiger partial charge in [-0.05, 0) is 48.3 Å². The van der Waals surface area contributed by atoms with E-state index in [0.29, 0.717) is 6.54 Å². The van der Waals surface area contributed by atoms with Crippen LogP contribution in [0.1, 0.15) is 56.4 Å². The van der Waals surface area contributed by atoms with Crippen molar-refractivity contribution in [3.63, 3.8) is 0 Å². The minimum atomic E-state index is -0.00636. The van der Waals surface area contributed by atoms with E-state index in [1.807, 2.05) is 11.3 Å². The van der Waals surface area contributed by atoms with E-state index in [9.17, 15) is 0 Å². The molecule has 0 amide bonds. The summed E-state index contributed by atoms with van der Waals surface area (Å²) in [5.41, 5.74) is 10.6. The molecule has 1 aromatic carbocycles. The highest BCUT2D eigenvalue weighted by atomic mass is 32.1. The average Bonchev–Trinajstić information content (AvgIpc) is 3.37. The number of nitrogens with two attached hydrogens (primary N) is 1. The van der Waals surface area contributed by atoms with Crippen LogP contribution in [0.2, 0.25) is 0 Å². The molecule has 0 spiro atoms. The van der Waals surface area contributed by atoms with E-state index in [1.54, 1.807) is 15.3 Å². The van der Waals surface area contributed by atoms with Crippen LogP contribution in [0, 0.1) is 0 Å². The third-order valence-corrected chi connectivity index (χ3v) is 9.55. The zero-order chi connectivity index (χ0) is 20.8. The van der Waals surface area contributed by atoms with E-state index < -0.39 is 0 Å². The summed E-state index contributed by atoms with van der Waals surface area (Å²) in [5, 5.41) is 5.00. The van der Waals surface area contributed by atoms with Gasteiger partial charge in [0, 0.05) is 57.4 Å². The molecular weight excluding hydrogens is 424 g/mol. The monoisotopic (exact) mass is 454 g/mol. The number of benzene rings is 1. The number of hydrogen-bond donors (Lipinski definition) is 2. The molecule has 4 nitrogen and oxygen atoms in total. The maximum absolute atomic E-state index is 6.44. The van der Waals surface area contributed by atoms with Gasteiger partial charge in [0.2, 0.25) is 0 Å². The average molecular weight is 455 g/mol. The van der Waals surface area contributed by atoms with E-state index in [2.05, 4.69) is 40.9 Å². The standard InChI is InChI=1S/C25H30N2O2S2/c26-12-18-24-16-5-1-4-8-21(16)31-23(24)11-15(29-18)13-27-14-19-25-17-6-2-3-7-20(17)30-22(25)9-10-28-19/h1,4-5,8,15,18-19,27H,2-3,6-7,9-14,26H2/t15?,18-,19?/m1/s1. The van der Waals surface area contributed by atoms with Gasteiger partial charge in [-0.1, -0.05) is 18.2 Å². The number of rotatable bonds is 5. The second-order valence-corrected chi connectivity index (χ2v) is 11.3. The minimum absolute atomic E-state index is 0.00636. The Morgan fingerprint density at radius 1 is 0.935 bits per heavy atom. The number of fused-ring (bicyclic) bond motifs is 6. The Balaban J connectivity index is 1.15. The first-order valence-corrected chi connectivity index (χ1v) is 13.3. The largest absolute Gasteiger partial charge is 0.372 e. The summed E-state index contributed by atoms with van der Waals surface area (Å²) < 4.78 is 14.0. The van der Waals surface area contributed by atoms with Gasteiger partial charge >= 0.3 is 0 Å². The summed E-state index contributed by atoms with van der Waals surface area (Å²) in [5.74, 6) is 0. The van der Waals surface area contributed by atoms with Crippen molar-refractivity contribution in [1.29, 1.82) is 0 Å². The third kappa shape index (κ3) is 3.67. The van der Waals surface area contributed by atoms with Crippen LogP contribution in [-0.2, 0) is 35.2 Å². The second-order valence-electron chi connectivity index (χ2n) is 8.94. The van der Waals surface area contributed by atoms with Crippen molar-refractivity contribution in [2.45, 2.75) is 56.8 Å². The van der Waals surface area contributed by atoms with E-state index in [1.165, 1.54) is 51.8 Å². The molecule has 0 radical (unpaired) electrons. The molecule has 6 heteroatoms. The maximum atomic E-state index is 6.44. The molecule has 0 saturated carbocycles. The summed E-state index contributed by atoms with van der Waals surface area (Å²) in [4.78, 5) is 4.65. The van der Waals surface area contributed by atoms with Crippen LogP contribution in [-0.4, -0.2) is 32.3 Å². The highest BCUT2D eigenvalue weighted by Crippen LogP contribution is 2.42. The van der Waals surface area contributed by atoms with Crippen molar-refractivity contribution in [3.05, 3.63) is 55.6 Å². The number of hydrogen-bond acceptors (Lipinski definition) is 6. The molecule has 3 atom stereocenters. The van der Waals surface area contributed by atoms with Gasteiger partial charge in [0.25, 0.3) is 0 Å². The molecule has 0 saturated heterocycles. The Kier molecular flexibility index (Phi) is 5.63. The Labute approximate surface area is 191 Å². The molecule has 3 aliphatic rings. The van der Waals surface area contributed by atoms with Crippen LogP contribution >= 0.6 is 22.7 Å². The highest BCUT2D eigenvalue weighted by molar-refractivity contribution is 7.19. The van der Waals surface area contributed by atoms with Gasteiger partial charge in [0.15, 0.2) is 0 Å². The fourth-order valence-corrected chi connectivity index (χ4v) is 8.34. The lowest BCUT2D eigenvalue weighted by molar-refractivity contribution is -0.0207. The molecule has 3 aromatic rings. The molecule has 6 rings (SSSR count). The molecule has 2 unspecified atom stereocenters. The van der Waals surface area contributed by atoms with Crippen LogP contribution in [0.5, 0.6) is 0 Å². The number of thiophene rings is 2. The van der Waals surface area contributed by atoms with Gasteiger partial charge < -0.3 is 20.5 Å². The first kappa shape index (κ1) is 20.3. The summed E-state index contributed by atoms with van der Waals surface area (Å²) in [6.45, 7) is 3.08. The second kappa shape index (κ2) is 8.58. The minimum Gasteiger partial charge on any atom is -0.372 e. The van der Waals surface area contributed by atoms with Crippen LogP contribution in [0.3, 0.4) is 0 Å². The van der Waals surface area contributed by atoms with Crippen molar-refractivity contribution in [2.75, 3.05) is 26.2 Å². The maximum Gasteiger partial charge on any atom is 0.0968 e. The highest BCUT2D eigenvalue weighted by Gasteiger charge is 2.32. The zero-order valence-corrected chi connectivity index (χ0v) is 19.5. The van der Waals surface area contributed by atoms with Crippen molar-refractivity contribution < 1.29 is 9.47 Å². The smallest absolute Gasteiger partial charge is 0.0968 e. The molecular formula is C25H30N2O2S2. The lowest BCUT2D eigenvalue weighted by atomic mass is 9.91. The molecule has 4 heterocycles. The number of ether oxygens (including phenoxy) is 2. The lowest BCUT2D eigenvalue weighted by Crippen LogP contribution is -2.38. The molecule has 2 aliphatic heterocycles. The Morgan fingerprint density at radius 2 is 1.84 bits per heavy atom. The van der Waals surface area contributed by atoms with E-state index in [4.69, 9.17) is 15.2 Å². The Morgan fingerprint density at radius 3 is 2.77 bits per heavy atom. The van der Waals surface area contributed by atoms with Crippen molar-refractivity contribution in [2.24, 2.45) is 5.73 Å². The van der Waals surface area contributed by atoms with Gasteiger partial charge in [-0.15, -0.1) is 22.7 Å². The molecule has 0 fully saturated rings. The van der Waals surface area contributed by atoms with Crippen LogP contribution in [0.4, 0.5) is 0 Å². The zero-order valence-electron chi connectivity index (χ0n) is 17.8. The van der Waals surface area contributed by atoms with Gasteiger partial charge in [-0.25, -0.2) is 0 Å². The fraction of sp³-hybridized carbons (Fsp3) is 0.520. The summed E-state index contributed by atoms with van der Waals surface area (Å²) in [7, 11) is 0. The Hall–Kier alpha value is -1.28. The molecule has 164 valence electrons. The molecule has 0 bridgehead atoms. The fourth-order valence-electron chi connectivity index (χ4n) is 5.59. The van der Waals surface area contributed by atoms with Crippen LogP contribution in [0.15, 0.2) is 24.3 Å². The lowest BCUT2D eigenvalue weighted by Gasteiger charge is -2.31. The summed E-state index contributed by atoms with van der Waals surface area (Å²) in [6, 6.07) is 8.63. The van der Waals surface area contributed by atoms with Gasteiger partial charge in [0.05, 0.1) is 24.9 Å². The quantitative estimate of drug-likeness (QED) is 0.587. The number of aryl methyl sites for hydroxylation is 1. The van der Waals surface area contributed by atoms with Crippen molar-refractivity contribution in [3.8, 4) is 0 Å². The van der Waals surface area contributed by atoms with E-state index in [-0.39, 0.29) is 18.3 Å². The van der Waals surface area contributed by atoms with Gasteiger partial charge in [-0.2, -0.15) is 0 Å². The van der Waals surface area contributed by atoms with Gasteiger partial charge in [-0.3, -0.25) is 0 Å². The normalized spacial score (nSPS) is 25.3. The molecule has 3 N–H and O–H groups in total.